The molecule has 1 aliphatic rings. The summed E-state index contributed by atoms with van der Waals surface area (Å²) in [7, 11) is -4.07. The van der Waals surface area contributed by atoms with Crippen LogP contribution in [0.2, 0.25) is 0 Å². The molecule has 13 nitrogen and oxygen atoms in total. The second kappa shape index (κ2) is 18.6. The number of thiazole rings is 1. The molecule has 4 aromatic rings. The number of aliphatic hydroxyl groups is 1. The van der Waals surface area contributed by atoms with Crippen LogP contribution in [0.5, 0.6) is 0 Å². The van der Waals surface area contributed by atoms with Gasteiger partial charge in [-0.1, -0.05) is 81.7 Å². The van der Waals surface area contributed by atoms with Gasteiger partial charge in [-0.3, -0.25) is 9.78 Å². The molecule has 2 aromatic heterocycles. The summed E-state index contributed by atoms with van der Waals surface area (Å²) in [5, 5.41) is 29.5. The SMILES string of the molecule is CC[C@H](C)[C@@H](C(=O)N[C@@H](Cc1ccccc1)[C@H](O)CN(CC(C)C)S(=O)(=O)c1ccc(C=NO)cc1)N1CCN(Cc2csc(-c3cccnc3)n2)C1=O. The van der Waals surface area contributed by atoms with Gasteiger partial charge in [0.2, 0.25) is 15.9 Å². The highest BCUT2D eigenvalue weighted by Crippen LogP contribution is 2.27. The summed E-state index contributed by atoms with van der Waals surface area (Å²) in [5.41, 5.74) is 3.02. The monoisotopic (exact) mass is 775 g/mol. The number of benzene rings is 2. The molecule has 288 valence electrons. The second-order valence-corrected chi connectivity index (χ2v) is 16.8. The van der Waals surface area contributed by atoms with Crippen LogP contribution in [0.25, 0.3) is 10.6 Å². The van der Waals surface area contributed by atoms with Crippen LogP contribution in [0, 0.1) is 11.8 Å². The number of rotatable bonds is 18. The molecule has 0 aliphatic carbocycles. The Morgan fingerprint density at radius 3 is 2.44 bits per heavy atom. The molecule has 0 unspecified atom stereocenters. The fourth-order valence-corrected chi connectivity index (χ4v) is 8.93. The molecule has 0 bridgehead atoms. The third-order valence-corrected chi connectivity index (χ3v) is 12.3. The highest BCUT2D eigenvalue weighted by atomic mass is 32.2. The van der Waals surface area contributed by atoms with E-state index in [-0.39, 0.29) is 42.3 Å². The zero-order valence-electron chi connectivity index (χ0n) is 31.0. The normalized spacial score (nSPS) is 15.9. The predicted octanol–water partition coefficient (Wildman–Crippen LogP) is 5.10. The second-order valence-electron chi connectivity index (χ2n) is 14.0. The van der Waals surface area contributed by atoms with E-state index in [1.165, 1.54) is 46.1 Å². The summed E-state index contributed by atoms with van der Waals surface area (Å²) in [5.74, 6) is -0.692. The molecule has 54 heavy (non-hydrogen) atoms. The Bertz CT molecular complexity index is 1960. The number of hydrogen-bond acceptors (Lipinski definition) is 10. The Morgan fingerprint density at radius 1 is 1.06 bits per heavy atom. The van der Waals surface area contributed by atoms with Crippen molar-refractivity contribution < 1.29 is 28.3 Å². The number of pyridine rings is 1. The molecule has 1 aliphatic heterocycles. The Balaban J connectivity index is 1.36. The lowest BCUT2D eigenvalue weighted by atomic mass is 9.95. The number of sulfonamides is 1. The van der Waals surface area contributed by atoms with Gasteiger partial charge in [-0.2, -0.15) is 4.31 Å². The number of aromatic nitrogens is 2. The van der Waals surface area contributed by atoms with Crippen molar-refractivity contribution in [1.29, 1.82) is 0 Å². The maximum Gasteiger partial charge on any atom is 0.321 e. The minimum atomic E-state index is -4.07. The van der Waals surface area contributed by atoms with Crippen LogP contribution in [0.4, 0.5) is 4.79 Å². The van der Waals surface area contributed by atoms with E-state index >= 15 is 0 Å². The highest BCUT2D eigenvalue weighted by Gasteiger charge is 2.41. The molecule has 3 amide bonds. The lowest BCUT2D eigenvalue weighted by molar-refractivity contribution is -0.128. The van der Waals surface area contributed by atoms with Crippen LogP contribution in [0.15, 0.2) is 94.6 Å². The summed E-state index contributed by atoms with van der Waals surface area (Å²) in [4.78, 5) is 40.5. The molecule has 4 atom stereocenters. The molecule has 0 saturated carbocycles. The van der Waals surface area contributed by atoms with E-state index in [9.17, 15) is 23.1 Å². The van der Waals surface area contributed by atoms with Gasteiger partial charge in [0.1, 0.15) is 11.0 Å². The molecule has 2 aromatic carbocycles. The number of carbonyl (C=O) groups excluding carboxylic acids is 2. The number of nitrogens with one attached hydrogen (secondary N) is 1. The van der Waals surface area contributed by atoms with Crippen LogP contribution in [-0.4, -0.2) is 105 Å². The van der Waals surface area contributed by atoms with Crippen molar-refractivity contribution in [3.8, 4) is 10.6 Å². The maximum absolute atomic E-state index is 14.4. The molecule has 0 radical (unpaired) electrons. The van der Waals surface area contributed by atoms with Crippen molar-refractivity contribution in [2.24, 2.45) is 17.0 Å². The summed E-state index contributed by atoms with van der Waals surface area (Å²) in [6.45, 7) is 8.58. The summed E-state index contributed by atoms with van der Waals surface area (Å²) in [6, 6.07) is 17.1. The van der Waals surface area contributed by atoms with Gasteiger partial charge in [0.05, 0.1) is 35.5 Å². The Morgan fingerprint density at radius 2 is 1.80 bits per heavy atom. The lowest BCUT2D eigenvalue weighted by Crippen LogP contribution is -2.57. The fraction of sp³-hybridized carbons (Fsp3) is 0.410. The van der Waals surface area contributed by atoms with Gasteiger partial charge >= 0.3 is 6.03 Å². The highest BCUT2D eigenvalue weighted by molar-refractivity contribution is 7.89. The molecule has 0 spiro atoms. The van der Waals surface area contributed by atoms with E-state index in [0.717, 1.165) is 21.8 Å². The largest absolute Gasteiger partial charge is 0.411 e. The standard InChI is InChI=1S/C39H49N7O6S2/c1-5-28(4)36(46-19-18-44(39(46)49)24-32-26-53-38(42-32)31-12-9-17-40-22-31)37(48)43-34(20-29-10-7-6-8-11-29)35(47)25-45(23-27(2)3)54(51,52)33-15-13-30(14-16-33)21-41-50/h6-17,21-22,26-28,34-36,47,50H,5,18-20,23-25H2,1-4H3,(H,43,48)/t28-,34-,35+,36-/m0/s1. The van der Waals surface area contributed by atoms with Crippen LogP contribution < -0.4 is 5.32 Å². The number of urea groups is 1. The summed E-state index contributed by atoms with van der Waals surface area (Å²) < 4.78 is 29.1. The maximum atomic E-state index is 14.4. The van der Waals surface area contributed by atoms with E-state index < -0.39 is 34.1 Å². The van der Waals surface area contributed by atoms with Gasteiger partial charge in [-0.05, 0) is 53.6 Å². The molecule has 3 heterocycles. The average molecular weight is 776 g/mol. The number of oxime groups is 1. The van der Waals surface area contributed by atoms with Crippen LogP contribution >= 0.6 is 11.3 Å². The van der Waals surface area contributed by atoms with Gasteiger partial charge in [0.25, 0.3) is 0 Å². The topological polar surface area (TPSA) is 169 Å². The van der Waals surface area contributed by atoms with Crippen molar-refractivity contribution >= 4 is 39.5 Å². The molecule has 1 saturated heterocycles. The Hall–Kier alpha value is -4.70. The van der Waals surface area contributed by atoms with Gasteiger partial charge < -0.3 is 25.4 Å². The number of hydrogen-bond donors (Lipinski definition) is 3. The zero-order chi connectivity index (χ0) is 38.8. The molecule has 15 heteroatoms. The number of nitrogens with zero attached hydrogens (tertiary/aromatic N) is 6. The first-order valence-electron chi connectivity index (χ1n) is 18.1. The van der Waals surface area contributed by atoms with Crippen molar-refractivity contribution in [2.75, 3.05) is 26.2 Å². The van der Waals surface area contributed by atoms with Gasteiger partial charge in [-0.15, -0.1) is 11.3 Å². The first-order valence-corrected chi connectivity index (χ1v) is 20.4. The van der Waals surface area contributed by atoms with Crippen molar-refractivity contribution in [1.82, 2.24) is 29.4 Å². The Labute approximate surface area is 321 Å². The molecular weight excluding hydrogens is 727 g/mol. The molecule has 1 fully saturated rings. The minimum absolute atomic E-state index is 0.0222. The quantitative estimate of drug-likeness (QED) is 0.0713. The fourth-order valence-electron chi connectivity index (χ4n) is 6.51. The first-order chi connectivity index (χ1) is 25.9. The van der Waals surface area contributed by atoms with E-state index in [2.05, 4.69) is 15.5 Å². The zero-order valence-corrected chi connectivity index (χ0v) is 32.7. The van der Waals surface area contributed by atoms with Gasteiger partial charge in [-0.25, -0.2) is 18.2 Å². The minimum Gasteiger partial charge on any atom is -0.411 e. The van der Waals surface area contributed by atoms with Crippen molar-refractivity contribution in [3.05, 3.63) is 101 Å². The van der Waals surface area contributed by atoms with Gasteiger partial charge in [0, 0.05) is 49.5 Å². The van der Waals surface area contributed by atoms with E-state index in [1.807, 2.05) is 75.5 Å². The van der Waals surface area contributed by atoms with E-state index in [4.69, 9.17) is 10.2 Å². The average Bonchev–Trinajstić information content (AvgIpc) is 3.78. The van der Waals surface area contributed by atoms with E-state index in [1.54, 1.807) is 22.2 Å². The third kappa shape index (κ3) is 10.1. The number of aliphatic hydroxyl groups excluding tert-OH is 1. The summed E-state index contributed by atoms with van der Waals surface area (Å²) >= 11 is 1.48. The van der Waals surface area contributed by atoms with E-state index in [0.29, 0.717) is 31.6 Å². The Kier molecular flexibility index (Phi) is 13.9. The molecule has 3 N–H and O–H groups in total. The lowest BCUT2D eigenvalue weighted by Gasteiger charge is -2.35. The first kappa shape index (κ1) is 40.5. The molecular formula is C39H49N7O6S2. The van der Waals surface area contributed by atoms with Crippen LogP contribution in [0.3, 0.4) is 0 Å². The van der Waals surface area contributed by atoms with Crippen molar-refractivity contribution in [2.45, 2.75) is 70.2 Å². The summed E-state index contributed by atoms with van der Waals surface area (Å²) in [6.07, 6.45) is 4.20. The van der Waals surface area contributed by atoms with Crippen LogP contribution in [-0.2, 0) is 27.8 Å². The number of amides is 3. The number of carbonyl (C=O) groups is 2. The smallest absolute Gasteiger partial charge is 0.321 e. The third-order valence-electron chi connectivity index (χ3n) is 9.50. The van der Waals surface area contributed by atoms with Crippen LogP contribution in [0.1, 0.15) is 50.9 Å². The predicted molar refractivity (Wildman–Crippen MR) is 209 cm³/mol. The van der Waals surface area contributed by atoms with Gasteiger partial charge in [0.15, 0.2) is 0 Å². The van der Waals surface area contributed by atoms with Crippen molar-refractivity contribution in [3.63, 3.8) is 0 Å². The molecule has 5 rings (SSSR count).